The SMILES string of the molecule is COC(=O)C1CCC(Nc2cccc(C)c2)CC1. The van der Waals surface area contributed by atoms with Gasteiger partial charge in [0.1, 0.15) is 0 Å². The van der Waals surface area contributed by atoms with Gasteiger partial charge in [-0.3, -0.25) is 4.79 Å². The van der Waals surface area contributed by atoms with E-state index in [0.717, 1.165) is 25.7 Å². The first-order chi connectivity index (χ1) is 8.69. The third kappa shape index (κ3) is 3.25. The van der Waals surface area contributed by atoms with E-state index in [2.05, 4.69) is 36.5 Å². The Bertz CT molecular complexity index is 409. The molecule has 0 heterocycles. The normalized spacial score (nSPS) is 23.4. The second-order valence-corrected chi connectivity index (χ2v) is 5.09. The summed E-state index contributed by atoms with van der Waals surface area (Å²) in [4.78, 5) is 11.4. The first kappa shape index (κ1) is 12.9. The Morgan fingerprint density at radius 3 is 2.61 bits per heavy atom. The van der Waals surface area contributed by atoms with Gasteiger partial charge in [0.25, 0.3) is 0 Å². The topological polar surface area (TPSA) is 38.3 Å². The first-order valence-electron chi connectivity index (χ1n) is 6.60. The molecule has 0 aliphatic heterocycles. The molecule has 18 heavy (non-hydrogen) atoms. The molecule has 1 aromatic carbocycles. The Balaban J connectivity index is 1.85. The van der Waals surface area contributed by atoms with E-state index in [4.69, 9.17) is 4.74 Å². The van der Waals surface area contributed by atoms with Gasteiger partial charge in [-0.2, -0.15) is 0 Å². The Labute approximate surface area is 109 Å². The van der Waals surface area contributed by atoms with Gasteiger partial charge >= 0.3 is 5.97 Å². The highest BCUT2D eigenvalue weighted by Gasteiger charge is 2.26. The average Bonchev–Trinajstić information content (AvgIpc) is 2.39. The number of esters is 1. The molecule has 3 heteroatoms. The number of aryl methyl sites for hydroxylation is 1. The van der Waals surface area contributed by atoms with Crippen molar-refractivity contribution in [3.63, 3.8) is 0 Å². The average molecular weight is 247 g/mol. The van der Waals surface area contributed by atoms with Crippen molar-refractivity contribution in [2.24, 2.45) is 5.92 Å². The third-order valence-corrected chi connectivity index (χ3v) is 3.65. The van der Waals surface area contributed by atoms with Crippen LogP contribution in [0.5, 0.6) is 0 Å². The van der Waals surface area contributed by atoms with E-state index in [1.54, 1.807) is 0 Å². The molecule has 0 amide bonds. The van der Waals surface area contributed by atoms with Gasteiger partial charge in [0.05, 0.1) is 13.0 Å². The quantitative estimate of drug-likeness (QED) is 0.834. The summed E-state index contributed by atoms with van der Waals surface area (Å²) in [6.07, 6.45) is 3.92. The fraction of sp³-hybridized carbons (Fsp3) is 0.533. The van der Waals surface area contributed by atoms with Crippen molar-refractivity contribution < 1.29 is 9.53 Å². The van der Waals surface area contributed by atoms with Gasteiger partial charge in [0, 0.05) is 11.7 Å². The maximum absolute atomic E-state index is 11.4. The van der Waals surface area contributed by atoms with Crippen LogP contribution in [0.3, 0.4) is 0 Å². The summed E-state index contributed by atoms with van der Waals surface area (Å²) in [7, 11) is 1.47. The molecule has 0 unspecified atom stereocenters. The highest BCUT2D eigenvalue weighted by atomic mass is 16.5. The molecule has 0 bridgehead atoms. The Kier molecular flexibility index (Phi) is 4.24. The minimum absolute atomic E-state index is 0.0518. The highest BCUT2D eigenvalue weighted by molar-refractivity contribution is 5.72. The lowest BCUT2D eigenvalue weighted by Crippen LogP contribution is -2.29. The van der Waals surface area contributed by atoms with E-state index in [1.165, 1.54) is 18.4 Å². The molecule has 2 rings (SSSR count). The van der Waals surface area contributed by atoms with Crippen LogP contribution in [0.25, 0.3) is 0 Å². The van der Waals surface area contributed by atoms with E-state index in [-0.39, 0.29) is 11.9 Å². The van der Waals surface area contributed by atoms with Crippen molar-refractivity contribution in [1.82, 2.24) is 0 Å². The van der Waals surface area contributed by atoms with Crippen LogP contribution in [0.1, 0.15) is 31.2 Å². The number of nitrogens with one attached hydrogen (secondary N) is 1. The minimum Gasteiger partial charge on any atom is -0.469 e. The van der Waals surface area contributed by atoms with Crippen molar-refractivity contribution in [2.75, 3.05) is 12.4 Å². The van der Waals surface area contributed by atoms with Gasteiger partial charge < -0.3 is 10.1 Å². The number of hydrogen-bond acceptors (Lipinski definition) is 3. The number of anilines is 1. The molecule has 1 aliphatic carbocycles. The second-order valence-electron chi connectivity index (χ2n) is 5.09. The smallest absolute Gasteiger partial charge is 0.308 e. The predicted molar refractivity (Wildman–Crippen MR) is 72.6 cm³/mol. The van der Waals surface area contributed by atoms with E-state index in [0.29, 0.717) is 6.04 Å². The zero-order chi connectivity index (χ0) is 13.0. The Hall–Kier alpha value is -1.51. The van der Waals surface area contributed by atoms with Gasteiger partial charge in [-0.25, -0.2) is 0 Å². The molecule has 0 aromatic heterocycles. The van der Waals surface area contributed by atoms with Crippen molar-refractivity contribution in [3.05, 3.63) is 29.8 Å². The molecule has 1 aromatic rings. The van der Waals surface area contributed by atoms with Crippen LogP contribution in [0.4, 0.5) is 5.69 Å². The molecular formula is C15H21NO2. The maximum atomic E-state index is 11.4. The van der Waals surface area contributed by atoms with Crippen molar-refractivity contribution >= 4 is 11.7 Å². The molecule has 1 saturated carbocycles. The zero-order valence-corrected chi connectivity index (χ0v) is 11.1. The van der Waals surface area contributed by atoms with Gasteiger partial charge in [-0.05, 0) is 50.3 Å². The van der Waals surface area contributed by atoms with Crippen LogP contribution in [0, 0.1) is 12.8 Å². The van der Waals surface area contributed by atoms with Crippen molar-refractivity contribution in [3.8, 4) is 0 Å². The number of carbonyl (C=O) groups is 1. The summed E-state index contributed by atoms with van der Waals surface area (Å²) >= 11 is 0. The number of hydrogen-bond donors (Lipinski definition) is 1. The fourth-order valence-corrected chi connectivity index (χ4v) is 2.61. The summed E-state index contributed by atoms with van der Waals surface area (Å²) in [5.74, 6) is 0.0505. The van der Waals surface area contributed by atoms with Gasteiger partial charge in [0.15, 0.2) is 0 Å². The second kappa shape index (κ2) is 5.89. The molecule has 3 nitrogen and oxygen atoms in total. The number of methoxy groups -OCH3 is 1. The van der Waals surface area contributed by atoms with E-state index in [1.807, 2.05) is 0 Å². The molecule has 1 N–H and O–H groups in total. The Morgan fingerprint density at radius 2 is 2.00 bits per heavy atom. The lowest BCUT2D eigenvalue weighted by Gasteiger charge is -2.28. The van der Waals surface area contributed by atoms with E-state index in [9.17, 15) is 4.79 Å². The summed E-state index contributed by atoms with van der Waals surface area (Å²) in [6, 6.07) is 8.90. The van der Waals surface area contributed by atoms with E-state index >= 15 is 0 Å². The molecule has 0 atom stereocenters. The molecule has 0 radical (unpaired) electrons. The highest BCUT2D eigenvalue weighted by Crippen LogP contribution is 2.27. The summed E-state index contributed by atoms with van der Waals surface area (Å²) in [6.45, 7) is 2.10. The van der Waals surface area contributed by atoms with E-state index < -0.39 is 0 Å². The number of carbonyl (C=O) groups excluding carboxylic acids is 1. The third-order valence-electron chi connectivity index (χ3n) is 3.65. The predicted octanol–water partition coefficient (Wildman–Crippen LogP) is 3.14. The van der Waals surface area contributed by atoms with Crippen molar-refractivity contribution in [2.45, 2.75) is 38.6 Å². The van der Waals surface area contributed by atoms with Crippen LogP contribution in [0.2, 0.25) is 0 Å². The molecule has 0 saturated heterocycles. The van der Waals surface area contributed by atoms with Crippen LogP contribution in [0.15, 0.2) is 24.3 Å². The van der Waals surface area contributed by atoms with Gasteiger partial charge in [0.2, 0.25) is 0 Å². The fourth-order valence-electron chi connectivity index (χ4n) is 2.61. The standard InChI is InChI=1S/C15H21NO2/c1-11-4-3-5-14(10-11)16-13-8-6-12(7-9-13)15(17)18-2/h3-5,10,12-13,16H,6-9H2,1-2H3. The molecule has 1 aliphatic rings. The molecular weight excluding hydrogens is 226 g/mol. The van der Waals surface area contributed by atoms with Gasteiger partial charge in [-0.15, -0.1) is 0 Å². The van der Waals surface area contributed by atoms with Crippen LogP contribution >= 0.6 is 0 Å². The molecule has 98 valence electrons. The molecule has 0 spiro atoms. The maximum Gasteiger partial charge on any atom is 0.308 e. The number of ether oxygens (including phenoxy) is 1. The number of rotatable bonds is 3. The summed E-state index contributed by atoms with van der Waals surface area (Å²) < 4.78 is 4.80. The number of benzene rings is 1. The zero-order valence-electron chi connectivity index (χ0n) is 11.1. The molecule has 1 fully saturated rings. The lowest BCUT2D eigenvalue weighted by atomic mass is 9.86. The van der Waals surface area contributed by atoms with Crippen molar-refractivity contribution in [1.29, 1.82) is 0 Å². The van der Waals surface area contributed by atoms with Crippen LogP contribution in [-0.4, -0.2) is 19.1 Å². The van der Waals surface area contributed by atoms with Crippen LogP contribution < -0.4 is 5.32 Å². The minimum atomic E-state index is -0.0518. The summed E-state index contributed by atoms with van der Waals surface area (Å²) in [5, 5.41) is 3.55. The lowest BCUT2D eigenvalue weighted by molar-refractivity contribution is -0.146. The Morgan fingerprint density at radius 1 is 1.28 bits per heavy atom. The first-order valence-corrected chi connectivity index (χ1v) is 6.60. The van der Waals surface area contributed by atoms with Crippen LogP contribution in [-0.2, 0) is 9.53 Å². The monoisotopic (exact) mass is 247 g/mol. The largest absolute Gasteiger partial charge is 0.469 e. The summed E-state index contributed by atoms with van der Waals surface area (Å²) in [5.41, 5.74) is 2.44. The van der Waals surface area contributed by atoms with Gasteiger partial charge in [-0.1, -0.05) is 12.1 Å².